The fraction of sp³-hybridized carbons (Fsp3) is 0.706. The first-order valence-electron chi connectivity index (χ1n) is 9.03. The molecule has 1 aliphatic carbocycles. The quantitative estimate of drug-likeness (QED) is 0.616. The van der Waals surface area contributed by atoms with Crippen LogP contribution in [0.5, 0.6) is 0 Å². The summed E-state index contributed by atoms with van der Waals surface area (Å²) < 4.78 is 5.30. The first kappa shape index (κ1) is 19.1. The van der Waals surface area contributed by atoms with Crippen LogP contribution < -0.4 is 10.6 Å². The normalized spacial score (nSPS) is 27.1. The molecule has 8 nitrogen and oxygen atoms in total. The van der Waals surface area contributed by atoms with Gasteiger partial charge in [0.25, 0.3) is 5.91 Å². The summed E-state index contributed by atoms with van der Waals surface area (Å²) in [6.07, 6.45) is 2.40. The fourth-order valence-corrected chi connectivity index (χ4v) is 3.68. The zero-order valence-corrected chi connectivity index (χ0v) is 15.5. The van der Waals surface area contributed by atoms with Crippen LogP contribution >= 0.6 is 11.6 Å². The number of carbonyl (C=O) groups excluding carboxylic acids is 2. The lowest BCUT2D eigenvalue weighted by Gasteiger charge is -2.34. The van der Waals surface area contributed by atoms with E-state index >= 15 is 0 Å². The summed E-state index contributed by atoms with van der Waals surface area (Å²) in [5.74, 6) is -0.700. The Hall–Kier alpha value is -1.64. The van der Waals surface area contributed by atoms with Crippen LogP contribution in [0.3, 0.4) is 0 Å². The maximum Gasteiger partial charge on any atom is 0.273 e. The number of carbonyl (C=O) groups is 2. The fourth-order valence-electron chi connectivity index (χ4n) is 3.51. The number of aryl methyl sites for hydroxylation is 1. The van der Waals surface area contributed by atoms with E-state index in [1.165, 1.54) is 0 Å². The molecule has 0 unspecified atom stereocenters. The Morgan fingerprint density at radius 3 is 2.62 bits per heavy atom. The SMILES string of the molecule is Cc1[nH]nc(C(=O)N[C@@H]2C[C@@H](C(=O)NC3CCOCC3)CC[C@H]2O)c1Cl. The molecule has 1 saturated carbocycles. The van der Waals surface area contributed by atoms with Gasteiger partial charge in [-0.2, -0.15) is 5.10 Å². The van der Waals surface area contributed by atoms with Crippen LogP contribution in [0.1, 0.15) is 48.3 Å². The summed E-state index contributed by atoms with van der Waals surface area (Å²) in [7, 11) is 0. The number of nitrogens with zero attached hydrogens (tertiary/aromatic N) is 1. The van der Waals surface area contributed by atoms with Crippen molar-refractivity contribution in [3.05, 3.63) is 16.4 Å². The summed E-state index contributed by atoms with van der Waals surface area (Å²) in [5.41, 5.74) is 0.708. The second kappa shape index (κ2) is 8.37. The Morgan fingerprint density at radius 1 is 1.23 bits per heavy atom. The largest absolute Gasteiger partial charge is 0.391 e. The van der Waals surface area contributed by atoms with Crippen LogP contribution in [-0.4, -0.2) is 58.5 Å². The van der Waals surface area contributed by atoms with Gasteiger partial charge in [0, 0.05) is 25.2 Å². The van der Waals surface area contributed by atoms with E-state index < -0.39 is 18.1 Å². The zero-order valence-electron chi connectivity index (χ0n) is 14.8. The molecule has 1 aromatic rings. The van der Waals surface area contributed by atoms with Gasteiger partial charge in [-0.25, -0.2) is 0 Å². The van der Waals surface area contributed by atoms with Crippen molar-refractivity contribution in [2.24, 2.45) is 5.92 Å². The molecule has 1 aromatic heterocycles. The number of aliphatic hydroxyl groups excluding tert-OH is 1. The lowest BCUT2D eigenvalue weighted by molar-refractivity contribution is -0.128. The van der Waals surface area contributed by atoms with Crippen molar-refractivity contribution in [2.75, 3.05) is 13.2 Å². The Morgan fingerprint density at radius 2 is 1.96 bits per heavy atom. The van der Waals surface area contributed by atoms with Gasteiger partial charge in [-0.1, -0.05) is 11.6 Å². The number of aromatic nitrogens is 2. The van der Waals surface area contributed by atoms with E-state index in [0.717, 1.165) is 12.8 Å². The standard InChI is InChI=1S/C17H25ClN4O4/c1-9-14(18)15(22-21-9)17(25)20-12-8-10(2-3-13(12)23)16(24)19-11-4-6-26-7-5-11/h10-13,23H,2-8H2,1H3,(H,19,24)(H,20,25)(H,21,22)/t10-,12+,13+/m0/s1. The third-order valence-electron chi connectivity index (χ3n) is 5.16. The average Bonchev–Trinajstić information content (AvgIpc) is 2.97. The molecule has 2 aliphatic rings. The van der Waals surface area contributed by atoms with Gasteiger partial charge >= 0.3 is 0 Å². The van der Waals surface area contributed by atoms with Crippen LogP contribution in [-0.2, 0) is 9.53 Å². The van der Waals surface area contributed by atoms with Gasteiger partial charge in [0.1, 0.15) is 0 Å². The number of hydrogen-bond acceptors (Lipinski definition) is 5. The van der Waals surface area contributed by atoms with Gasteiger partial charge in [-0.3, -0.25) is 14.7 Å². The molecule has 2 amide bonds. The zero-order chi connectivity index (χ0) is 18.7. The van der Waals surface area contributed by atoms with E-state index in [1.807, 2.05) is 0 Å². The van der Waals surface area contributed by atoms with Gasteiger partial charge < -0.3 is 20.5 Å². The second-order valence-corrected chi connectivity index (χ2v) is 7.44. The summed E-state index contributed by atoms with van der Waals surface area (Å²) in [6, 6.07) is -0.364. The van der Waals surface area contributed by atoms with E-state index in [2.05, 4.69) is 20.8 Å². The Balaban J connectivity index is 1.58. The molecule has 9 heteroatoms. The van der Waals surface area contributed by atoms with Crippen molar-refractivity contribution in [1.82, 2.24) is 20.8 Å². The number of H-pyrrole nitrogens is 1. The van der Waals surface area contributed by atoms with Crippen LogP contribution in [0.4, 0.5) is 0 Å². The van der Waals surface area contributed by atoms with Crippen molar-refractivity contribution in [2.45, 2.75) is 57.2 Å². The highest BCUT2D eigenvalue weighted by Gasteiger charge is 2.35. The predicted molar refractivity (Wildman–Crippen MR) is 94.9 cm³/mol. The third kappa shape index (κ3) is 4.36. The minimum absolute atomic E-state index is 0.0169. The first-order valence-corrected chi connectivity index (χ1v) is 9.41. The maximum absolute atomic E-state index is 12.5. The molecular weight excluding hydrogens is 360 g/mol. The van der Waals surface area contributed by atoms with E-state index in [0.29, 0.717) is 38.2 Å². The lowest BCUT2D eigenvalue weighted by Crippen LogP contribution is -2.51. The summed E-state index contributed by atoms with van der Waals surface area (Å²) in [4.78, 5) is 24.9. The number of hydrogen-bond donors (Lipinski definition) is 4. The molecular formula is C17H25ClN4O4. The molecule has 4 N–H and O–H groups in total. The molecule has 3 atom stereocenters. The highest BCUT2D eigenvalue weighted by molar-refractivity contribution is 6.34. The number of nitrogens with one attached hydrogen (secondary N) is 3. The van der Waals surface area contributed by atoms with Crippen molar-refractivity contribution in [3.8, 4) is 0 Å². The van der Waals surface area contributed by atoms with Gasteiger partial charge in [0.05, 0.1) is 22.9 Å². The highest BCUT2D eigenvalue weighted by atomic mass is 35.5. The number of halogens is 1. The van der Waals surface area contributed by atoms with Gasteiger partial charge in [-0.05, 0) is 39.0 Å². The van der Waals surface area contributed by atoms with Crippen LogP contribution in [0.2, 0.25) is 5.02 Å². The Kier molecular flexibility index (Phi) is 6.16. The molecule has 0 radical (unpaired) electrons. The monoisotopic (exact) mass is 384 g/mol. The van der Waals surface area contributed by atoms with Crippen molar-refractivity contribution >= 4 is 23.4 Å². The van der Waals surface area contributed by atoms with Crippen LogP contribution in [0.15, 0.2) is 0 Å². The molecule has 1 saturated heterocycles. The lowest BCUT2D eigenvalue weighted by atomic mass is 9.83. The highest BCUT2D eigenvalue weighted by Crippen LogP contribution is 2.26. The minimum atomic E-state index is -0.690. The predicted octanol–water partition coefficient (Wildman–Crippen LogP) is 0.926. The van der Waals surface area contributed by atoms with Crippen LogP contribution in [0, 0.1) is 12.8 Å². The maximum atomic E-state index is 12.5. The minimum Gasteiger partial charge on any atom is -0.391 e. The molecule has 3 rings (SSSR count). The molecule has 0 bridgehead atoms. The molecule has 144 valence electrons. The topological polar surface area (TPSA) is 116 Å². The number of aromatic amines is 1. The molecule has 1 aliphatic heterocycles. The van der Waals surface area contributed by atoms with Gasteiger partial charge in [0.2, 0.25) is 5.91 Å². The number of aliphatic hydroxyl groups is 1. The number of ether oxygens (including phenoxy) is 1. The molecule has 2 fully saturated rings. The smallest absolute Gasteiger partial charge is 0.273 e. The van der Waals surface area contributed by atoms with Crippen molar-refractivity contribution in [1.29, 1.82) is 0 Å². The van der Waals surface area contributed by atoms with Crippen molar-refractivity contribution < 1.29 is 19.4 Å². The molecule has 26 heavy (non-hydrogen) atoms. The third-order valence-corrected chi connectivity index (χ3v) is 5.62. The first-order chi connectivity index (χ1) is 12.5. The van der Waals surface area contributed by atoms with E-state index in [-0.39, 0.29) is 28.6 Å². The number of amides is 2. The Labute approximate surface area is 157 Å². The number of rotatable bonds is 4. The van der Waals surface area contributed by atoms with Crippen molar-refractivity contribution in [3.63, 3.8) is 0 Å². The summed E-state index contributed by atoms with van der Waals surface area (Å²) in [6.45, 7) is 3.05. The van der Waals surface area contributed by atoms with E-state index in [9.17, 15) is 14.7 Å². The average molecular weight is 385 g/mol. The van der Waals surface area contributed by atoms with E-state index in [1.54, 1.807) is 6.92 Å². The molecule has 0 spiro atoms. The Bertz CT molecular complexity index is 659. The van der Waals surface area contributed by atoms with E-state index in [4.69, 9.17) is 16.3 Å². The molecule has 2 heterocycles. The second-order valence-electron chi connectivity index (χ2n) is 7.06. The van der Waals surface area contributed by atoms with Gasteiger partial charge in [-0.15, -0.1) is 0 Å². The summed E-state index contributed by atoms with van der Waals surface area (Å²) >= 11 is 6.05. The molecule has 0 aromatic carbocycles. The van der Waals surface area contributed by atoms with Crippen LogP contribution in [0.25, 0.3) is 0 Å². The summed E-state index contributed by atoms with van der Waals surface area (Å²) in [5, 5.41) is 22.9. The van der Waals surface area contributed by atoms with Gasteiger partial charge in [0.15, 0.2) is 5.69 Å².